The molecule has 1 aromatic carbocycles. The minimum Gasteiger partial charge on any atom is -0.265 e. The molecule has 1 aromatic heterocycles. The standard InChI is InChI=1S/C9H6F3N3S/c10-9(11,12)7-2-1-5(16)3-6(7)8-13-4-14-15-8/h1-4,16H,(H,13,14,15). The second kappa shape index (κ2) is 3.82. The van der Waals surface area contributed by atoms with Crippen molar-refractivity contribution >= 4 is 12.6 Å². The van der Waals surface area contributed by atoms with Crippen LogP contribution in [0.25, 0.3) is 11.4 Å². The zero-order chi connectivity index (χ0) is 11.8. The lowest BCUT2D eigenvalue weighted by molar-refractivity contribution is -0.137. The average Bonchev–Trinajstić information content (AvgIpc) is 2.68. The largest absolute Gasteiger partial charge is 0.417 e. The van der Waals surface area contributed by atoms with Gasteiger partial charge in [-0.3, -0.25) is 5.10 Å². The Morgan fingerprint density at radius 1 is 1.25 bits per heavy atom. The summed E-state index contributed by atoms with van der Waals surface area (Å²) < 4.78 is 38.0. The zero-order valence-corrected chi connectivity index (χ0v) is 8.68. The van der Waals surface area contributed by atoms with Gasteiger partial charge in [-0.05, 0) is 18.2 Å². The van der Waals surface area contributed by atoms with Gasteiger partial charge < -0.3 is 0 Å². The first-order chi connectivity index (χ1) is 7.48. The molecule has 7 heteroatoms. The zero-order valence-electron chi connectivity index (χ0n) is 7.78. The Morgan fingerprint density at radius 3 is 2.56 bits per heavy atom. The van der Waals surface area contributed by atoms with Crippen molar-refractivity contribution in [3.05, 3.63) is 30.1 Å². The highest BCUT2D eigenvalue weighted by Crippen LogP contribution is 2.36. The molecule has 0 aliphatic rings. The van der Waals surface area contributed by atoms with E-state index in [0.29, 0.717) is 4.90 Å². The van der Waals surface area contributed by atoms with Crippen LogP contribution >= 0.6 is 12.6 Å². The molecule has 2 aromatic rings. The molecule has 0 atom stereocenters. The molecule has 0 aliphatic carbocycles. The molecule has 1 heterocycles. The van der Waals surface area contributed by atoms with Crippen molar-refractivity contribution in [2.75, 3.05) is 0 Å². The summed E-state index contributed by atoms with van der Waals surface area (Å²) in [5.74, 6) is 0.00299. The van der Waals surface area contributed by atoms with E-state index in [0.717, 1.165) is 6.07 Å². The van der Waals surface area contributed by atoms with E-state index >= 15 is 0 Å². The smallest absolute Gasteiger partial charge is 0.265 e. The molecule has 0 fully saturated rings. The predicted molar refractivity (Wildman–Crippen MR) is 54.1 cm³/mol. The molecule has 0 saturated heterocycles. The van der Waals surface area contributed by atoms with Crippen molar-refractivity contribution < 1.29 is 13.2 Å². The molecule has 0 saturated carbocycles. The molecule has 0 amide bonds. The highest BCUT2D eigenvalue weighted by molar-refractivity contribution is 7.80. The monoisotopic (exact) mass is 245 g/mol. The minimum atomic E-state index is -4.43. The fraction of sp³-hybridized carbons (Fsp3) is 0.111. The maximum absolute atomic E-state index is 12.7. The van der Waals surface area contributed by atoms with Crippen LogP contribution in [0.4, 0.5) is 13.2 Å². The van der Waals surface area contributed by atoms with Crippen LogP contribution in [0.3, 0.4) is 0 Å². The average molecular weight is 245 g/mol. The van der Waals surface area contributed by atoms with Crippen molar-refractivity contribution in [3.63, 3.8) is 0 Å². The lowest BCUT2D eigenvalue weighted by Crippen LogP contribution is -2.07. The van der Waals surface area contributed by atoms with Crippen molar-refractivity contribution in [1.82, 2.24) is 15.2 Å². The summed E-state index contributed by atoms with van der Waals surface area (Å²) in [6.45, 7) is 0. The predicted octanol–water partition coefficient (Wildman–Crippen LogP) is 2.78. The molecule has 0 radical (unpaired) electrons. The number of nitrogens with one attached hydrogen (secondary N) is 1. The Balaban J connectivity index is 2.63. The summed E-state index contributed by atoms with van der Waals surface area (Å²) in [6.07, 6.45) is -3.21. The van der Waals surface area contributed by atoms with E-state index in [9.17, 15) is 13.2 Å². The van der Waals surface area contributed by atoms with Gasteiger partial charge in [0.05, 0.1) is 5.56 Å². The number of thiol groups is 1. The summed E-state index contributed by atoms with van der Waals surface area (Å²) in [6, 6.07) is 3.53. The molecule has 0 bridgehead atoms. The number of rotatable bonds is 1. The normalized spacial score (nSPS) is 11.8. The highest BCUT2D eigenvalue weighted by atomic mass is 32.1. The Bertz CT molecular complexity index is 493. The van der Waals surface area contributed by atoms with Crippen LogP contribution in [0.15, 0.2) is 29.4 Å². The SMILES string of the molecule is FC(F)(F)c1ccc(S)cc1-c1nc[nH]n1. The van der Waals surface area contributed by atoms with Gasteiger partial charge in [0, 0.05) is 10.5 Å². The van der Waals surface area contributed by atoms with Gasteiger partial charge in [0.2, 0.25) is 0 Å². The Morgan fingerprint density at radius 2 is 2.00 bits per heavy atom. The van der Waals surface area contributed by atoms with Gasteiger partial charge in [-0.15, -0.1) is 12.6 Å². The molecule has 1 N–H and O–H groups in total. The van der Waals surface area contributed by atoms with Gasteiger partial charge in [-0.2, -0.15) is 18.3 Å². The van der Waals surface area contributed by atoms with Crippen molar-refractivity contribution in [2.45, 2.75) is 11.1 Å². The number of H-pyrrole nitrogens is 1. The van der Waals surface area contributed by atoms with Gasteiger partial charge in [0.25, 0.3) is 0 Å². The quantitative estimate of drug-likeness (QED) is 0.758. The molecule has 0 unspecified atom stereocenters. The van der Waals surface area contributed by atoms with Gasteiger partial charge in [-0.25, -0.2) is 4.98 Å². The summed E-state index contributed by atoms with van der Waals surface area (Å²) in [4.78, 5) is 4.13. The third-order valence-electron chi connectivity index (χ3n) is 1.96. The second-order valence-electron chi connectivity index (χ2n) is 3.05. The topological polar surface area (TPSA) is 41.6 Å². The van der Waals surface area contributed by atoms with Crippen LogP contribution in [-0.4, -0.2) is 15.2 Å². The fourth-order valence-corrected chi connectivity index (χ4v) is 1.51. The van der Waals surface area contributed by atoms with Crippen LogP contribution in [0.2, 0.25) is 0 Å². The fourth-order valence-electron chi connectivity index (χ4n) is 1.30. The number of hydrogen-bond acceptors (Lipinski definition) is 3. The molecule has 3 nitrogen and oxygen atoms in total. The third kappa shape index (κ3) is 2.04. The van der Waals surface area contributed by atoms with Crippen molar-refractivity contribution in [2.24, 2.45) is 0 Å². The Labute approximate surface area is 94.1 Å². The number of alkyl halides is 3. The lowest BCUT2D eigenvalue weighted by atomic mass is 10.1. The van der Waals surface area contributed by atoms with E-state index in [2.05, 4.69) is 27.8 Å². The maximum atomic E-state index is 12.7. The highest BCUT2D eigenvalue weighted by Gasteiger charge is 2.34. The van der Waals surface area contributed by atoms with Gasteiger partial charge >= 0.3 is 6.18 Å². The first-order valence-electron chi connectivity index (χ1n) is 4.25. The van der Waals surface area contributed by atoms with E-state index < -0.39 is 11.7 Å². The van der Waals surface area contributed by atoms with E-state index in [1.54, 1.807) is 0 Å². The van der Waals surface area contributed by atoms with Gasteiger partial charge in [0.1, 0.15) is 6.33 Å². The number of aromatic nitrogens is 3. The van der Waals surface area contributed by atoms with E-state index in [4.69, 9.17) is 0 Å². The van der Waals surface area contributed by atoms with E-state index in [1.807, 2.05) is 0 Å². The molecule has 84 valence electrons. The van der Waals surface area contributed by atoms with Crippen molar-refractivity contribution in [3.8, 4) is 11.4 Å². The maximum Gasteiger partial charge on any atom is 0.417 e. The molecule has 2 rings (SSSR count). The molecular formula is C9H6F3N3S. The first-order valence-corrected chi connectivity index (χ1v) is 4.69. The minimum absolute atomic E-state index is 0.00299. The van der Waals surface area contributed by atoms with Crippen molar-refractivity contribution in [1.29, 1.82) is 0 Å². The summed E-state index contributed by atoms with van der Waals surface area (Å²) >= 11 is 4.00. The summed E-state index contributed by atoms with van der Waals surface area (Å²) in [7, 11) is 0. The molecule has 0 aliphatic heterocycles. The number of aromatic amines is 1. The Hall–Kier alpha value is -1.50. The van der Waals surface area contributed by atoms with Crippen LogP contribution in [0.1, 0.15) is 5.56 Å². The van der Waals surface area contributed by atoms with E-state index in [-0.39, 0.29) is 11.4 Å². The molecular weight excluding hydrogens is 239 g/mol. The molecule has 0 spiro atoms. The molecule has 16 heavy (non-hydrogen) atoms. The number of benzene rings is 1. The summed E-state index contributed by atoms with van der Waals surface area (Å²) in [5, 5.41) is 6.00. The summed E-state index contributed by atoms with van der Waals surface area (Å²) in [5.41, 5.74) is -0.855. The number of hydrogen-bond donors (Lipinski definition) is 2. The van der Waals surface area contributed by atoms with Crippen LogP contribution in [0, 0.1) is 0 Å². The first kappa shape index (κ1) is 11.0. The Kier molecular flexibility index (Phi) is 2.63. The van der Waals surface area contributed by atoms with Gasteiger partial charge in [0.15, 0.2) is 5.82 Å². The van der Waals surface area contributed by atoms with Crippen LogP contribution < -0.4 is 0 Å². The number of nitrogens with zero attached hydrogens (tertiary/aromatic N) is 2. The third-order valence-corrected chi connectivity index (χ3v) is 2.24. The van der Waals surface area contributed by atoms with Gasteiger partial charge in [-0.1, -0.05) is 0 Å². The second-order valence-corrected chi connectivity index (χ2v) is 3.57. The van der Waals surface area contributed by atoms with E-state index in [1.165, 1.54) is 18.5 Å². The van der Waals surface area contributed by atoms with Crippen LogP contribution in [-0.2, 0) is 6.18 Å². The number of halogens is 3. The van der Waals surface area contributed by atoms with Crippen LogP contribution in [0.5, 0.6) is 0 Å². The lowest BCUT2D eigenvalue weighted by Gasteiger charge is -2.10.